The molecule has 0 aliphatic heterocycles. The molecule has 1 N–H and O–H groups in total. The van der Waals surface area contributed by atoms with Crippen molar-refractivity contribution in [3.63, 3.8) is 0 Å². The number of anilines is 1. The number of esters is 1. The normalized spacial score (nSPS) is 12.7. The van der Waals surface area contributed by atoms with Crippen LogP contribution in [0.5, 0.6) is 0 Å². The molecule has 1 atom stereocenters. The third-order valence-electron chi connectivity index (χ3n) is 3.00. The first-order valence-corrected chi connectivity index (χ1v) is 6.53. The minimum Gasteiger partial charge on any atom is -0.467 e. The van der Waals surface area contributed by atoms with Crippen molar-refractivity contribution in [1.82, 2.24) is 19.6 Å². The molecule has 20 heavy (non-hydrogen) atoms. The van der Waals surface area contributed by atoms with Gasteiger partial charge in [0.25, 0.3) is 0 Å². The highest BCUT2D eigenvalue weighted by atomic mass is 16.5. The number of aromatic nitrogens is 4. The smallest absolute Gasteiger partial charge is 0.328 e. The quantitative estimate of drug-likeness (QED) is 0.833. The van der Waals surface area contributed by atoms with Crippen LogP contribution in [0.15, 0.2) is 12.4 Å². The number of ether oxygens (including phenoxy) is 1. The molecule has 0 amide bonds. The molecule has 0 bridgehead atoms. The van der Waals surface area contributed by atoms with Gasteiger partial charge in [0.1, 0.15) is 11.9 Å². The zero-order valence-corrected chi connectivity index (χ0v) is 12.1. The highest BCUT2D eigenvalue weighted by molar-refractivity contribution is 5.80. The monoisotopic (exact) mass is 277 g/mol. The van der Waals surface area contributed by atoms with Gasteiger partial charge in [0.15, 0.2) is 5.82 Å². The van der Waals surface area contributed by atoms with Crippen molar-refractivity contribution in [1.29, 1.82) is 0 Å². The predicted molar refractivity (Wildman–Crippen MR) is 74.4 cm³/mol. The van der Waals surface area contributed by atoms with Crippen LogP contribution in [-0.4, -0.2) is 38.7 Å². The highest BCUT2D eigenvalue weighted by Crippen LogP contribution is 2.16. The Bertz CT molecular complexity index is 608. The van der Waals surface area contributed by atoms with E-state index >= 15 is 0 Å². The summed E-state index contributed by atoms with van der Waals surface area (Å²) in [5, 5.41) is 11.2. The molecule has 2 rings (SSSR count). The first-order valence-electron chi connectivity index (χ1n) is 6.53. The van der Waals surface area contributed by atoms with Gasteiger partial charge in [0, 0.05) is 12.4 Å². The fraction of sp³-hybridized carbons (Fsp3) is 0.538. The Labute approximate surface area is 117 Å². The Hall–Kier alpha value is -2.18. The standard InChI is InChI=1S/C13H19N5O2/c1-8(2)7-10(13(19)20-4)15-11-12-17-16-9(3)18(12)6-5-14-11/h5-6,8,10H,7H2,1-4H3,(H,14,15). The number of hydrogen-bond acceptors (Lipinski definition) is 6. The van der Waals surface area contributed by atoms with E-state index in [1.54, 1.807) is 12.4 Å². The lowest BCUT2D eigenvalue weighted by Crippen LogP contribution is -2.32. The maximum atomic E-state index is 11.8. The van der Waals surface area contributed by atoms with Crippen LogP contribution in [0.4, 0.5) is 5.82 Å². The van der Waals surface area contributed by atoms with Crippen molar-refractivity contribution in [3.05, 3.63) is 18.2 Å². The molecule has 0 aliphatic carbocycles. The van der Waals surface area contributed by atoms with Crippen LogP contribution in [-0.2, 0) is 9.53 Å². The molecule has 0 spiro atoms. The fourth-order valence-corrected chi connectivity index (χ4v) is 2.04. The van der Waals surface area contributed by atoms with E-state index < -0.39 is 6.04 Å². The Morgan fingerprint density at radius 2 is 2.20 bits per heavy atom. The summed E-state index contributed by atoms with van der Waals surface area (Å²) in [7, 11) is 1.38. The number of aryl methyl sites for hydroxylation is 1. The summed E-state index contributed by atoms with van der Waals surface area (Å²) in [4.78, 5) is 16.1. The second kappa shape index (κ2) is 5.85. The summed E-state index contributed by atoms with van der Waals surface area (Å²) in [6, 6.07) is -0.448. The number of nitrogens with zero attached hydrogens (tertiary/aromatic N) is 4. The molecule has 2 aromatic rings. The Kier molecular flexibility index (Phi) is 4.16. The third kappa shape index (κ3) is 2.87. The summed E-state index contributed by atoms with van der Waals surface area (Å²) < 4.78 is 6.65. The largest absolute Gasteiger partial charge is 0.467 e. The summed E-state index contributed by atoms with van der Waals surface area (Å²) in [6.07, 6.45) is 4.09. The van der Waals surface area contributed by atoms with Gasteiger partial charge >= 0.3 is 5.97 Å². The number of carbonyl (C=O) groups excluding carboxylic acids is 1. The van der Waals surface area contributed by atoms with Crippen LogP contribution >= 0.6 is 0 Å². The van der Waals surface area contributed by atoms with E-state index in [1.807, 2.05) is 25.2 Å². The van der Waals surface area contributed by atoms with Crippen molar-refractivity contribution >= 4 is 17.4 Å². The minimum absolute atomic E-state index is 0.307. The summed E-state index contributed by atoms with van der Waals surface area (Å²) in [6.45, 7) is 5.95. The molecule has 7 heteroatoms. The maximum absolute atomic E-state index is 11.8. The van der Waals surface area contributed by atoms with Gasteiger partial charge in [-0.25, -0.2) is 9.78 Å². The second-order valence-corrected chi connectivity index (χ2v) is 5.07. The van der Waals surface area contributed by atoms with Gasteiger partial charge in [0.05, 0.1) is 7.11 Å². The van der Waals surface area contributed by atoms with Gasteiger partial charge in [-0.3, -0.25) is 4.40 Å². The van der Waals surface area contributed by atoms with Gasteiger partial charge in [-0.05, 0) is 19.3 Å². The lowest BCUT2D eigenvalue weighted by Gasteiger charge is -2.18. The van der Waals surface area contributed by atoms with Crippen LogP contribution in [0.2, 0.25) is 0 Å². The first-order chi connectivity index (χ1) is 9.52. The van der Waals surface area contributed by atoms with Crippen LogP contribution in [0.1, 0.15) is 26.1 Å². The number of carbonyl (C=O) groups is 1. The van der Waals surface area contributed by atoms with Gasteiger partial charge < -0.3 is 10.1 Å². The zero-order valence-electron chi connectivity index (χ0n) is 12.1. The lowest BCUT2D eigenvalue weighted by atomic mass is 10.0. The molecule has 2 heterocycles. The molecule has 1 unspecified atom stereocenters. The van der Waals surface area contributed by atoms with E-state index in [0.29, 0.717) is 23.8 Å². The van der Waals surface area contributed by atoms with Crippen molar-refractivity contribution in [2.45, 2.75) is 33.2 Å². The molecule has 0 aliphatic rings. The molecular weight excluding hydrogens is 258 g/mol. The number of hydrogen-bond donors (Lipinski definition) is 1. The minimum atomic E-state index is -0.448. The average Bonchev–Trinajstić information content (AvgIpc) is 2.79. The lowest BCUT2D eigenvalue weighted by molar-refractivity contribution is -0.141. The predicted octanol–water partition coefficient (Wildman–Crippen LogP) is 1.43. The van der Waals surface area contributed by atoms with Crippen molar-refractivity contribution in [2.24, 2.45) is 5.92 Å². The molecule has 0 fully saturated rings. The van der Waals surface area contributed by atoms with Gasteiger partial charge in [0.2, 0.25) is 5.65 Å². The van der Waals surface area contributed by atoms with Crippen LogP contribution in [0.25, 0.3) is 5.65 Å². The Balaban J connectivity index is 2.30. The maximum Gasteiger partial charge on any atom is 0.328 e. The number of nitrogens with one attached hydrogen (secondary N) is 1. The average molecular weight is 277 g/mol. The van der Waals surface area contributed by atoms with Gasteiger partial charge in [-0.15, -0.1) is 10.2 Å². The summed E-state index contributed by atoms with van der Waals surface area (Å²) in [5.41, 5.74) is 0.600. The molecule has 0 aromatic carbocycles. The third-order valence-corrected chi connectivity index (χ3v) is 3.00. The number of fused-ring (bicyclic) bond motifs is 1. The van der Waals surface area contributed by atoms with E-state index in [-0.39, 0.29) is 5.97 Å². The Morgan fingerprint density at radius 1 is 1.45 bits per heavy atom. The van der Waals surface area contributed by atoms with Crippen LogP contribution in [0.3, 0.4) is 0 Å². The molecule has 0 saturated heterocycles. The van der Waals surface area contributed by atoms with Crippen LogP contribution in [0, 0.1) is 12.8 Å². The molecular formula is C13H19N5O2. The van der Waals surface area contributed by atoms with Gasteiger partial charge in [-0.1, -0.05) is 13.8 Å². The van der Waals surface area contributed by atoms with E-state index in [0.717, 1.165) is 5.82 Å². The van der Waals surface area contributed by atoms with E-state index in [9.17, 15) is 4.79 Å². The molecule has 2 aromatic heterocycles. The molecule has 0 radical (unpaired) electrons. The Morgan fingerprint density at radius 3 is 2.85 bits per heavy atom. The second-order valence-electron chi connectivity index (χ2n) is 5.07. The molecule has 108 valence electrons. The van der Waals surface area contributed by atoms with Crippen molar-refractivity contribution in [2.75, 3.05) is 12.4 Å². The van der Waals surface area contributed by atoms with Crippen molar-refractivity contribution < 1.29 is 9.53 Å². The highest BCUT2D eigenvalue weighted by Gasteiger charge is 2.22. The van der Waals surface area contributed by atoms with Crippen LogP contribution < -0.4 is 5.32 Å². The molecule has 7 nitrogen and oxygen atoms in total. The zero-order chi connectivity index (χ0) is 14.7. The van der Waals surface area contributed by atoms with Crippen molar-refractivity contribution in [3.8, 4) is 0 Å². The SMILES string of the molecule is COC(=O)C(CC(C)C)Nc1nccn2c(C)nnc12. The summed E-state index contributed by atoms with van der Waals surface area (Å²) in [5.74, 6) is 1.35. The van der Waals surface area contributed by atoms with E-state index in [1.165, 1.54) is 7.11 Å². The molecule has 0 saturated carbocycles. The van der Waals surface area contributed by atoms with E-state index in [4.69, 9.17) is 4.74 Å². The van der Waals surface area contributed by atoms with Gasteiger partial charge in [-0.2, -0.15) is 0 Å². The number of rotatable bonds is 5. The fourth-order valence-electron chi connectivity index (χ4n) is 2.04. The topological polar surface area (TPSA) is 81.4 Å². The van der Waals surface area contributed by atoms with E-state index in [2.05, 4.69) is 20.5 Å². The summed E-state index contributed by atoms with van der Waals surface area (Å²) >= 11 is 0. The number of methoxy groups -OCH3 is 1. The first kappa shape index (κ1) is 14.2.